The zero-order chi connectivity index (χ0) is 27.5. The van der Waals surface area contributed by atoms with Crippen molar-refractivity contribution >= 4 is 23.7 Å². The quantitative estimate of drug-likeness (QED) is 0.158. The van der Waals surface area contributed by atoms with E-state index in [2.05, 4.69) is 25.9 Å². The third-order valence-electron chi connectivity index (χ3n) is 5.68. The summed E-state index contributed by atoms with van der Waals surface area (Å²) in [5, 5.41) is 26.4. The van der Waals surface area contributed by atoms with Gasteiger partial charge in [0.25, 0.3) is 0 Å². The van der Waals surface area contributed by atoms with Crippen LogP contribution in [0.1, 0.15) is 16.8 Å². The Kier molecular flexibility index (Phi) is 9.94. The first-order valence-corrected chi connectivity index (χ1v) is 11.9. The van der Waals surface area contributed by atoms with Crippen LogP contribution in [-0.2, 0) is 38.4 Å². The van der Waals surface area contributed by atoms with E-state index in [0.29, 0.717) is 11.3 Å². The number of phenolic OH excluding ortho intramolecular Hbond substituents is 1. The molecule has 3 unspecified atom stereocenters. The minimum absolute atomic E-state index is 0.0200. The first-order valence-electron chi connectivity index (χ1n) is 11.9. The average molecular weight is 523 g/mol. The number of aromatic hydroxyl groups is 1. The Balaban J connectivity index is 1.62. The van der Waals surface area contributed by atoms with Crippen LogP contribution < -0.4 is 21.7 Å². The van der Waals surface area contributed by atoms with Crippen molar-refractivity contribution in [1.29, 1.82) is 0 Å². The number of hydrogen-bond donors (Lipinski definition) is 7. The van der Waals surface area contributed by atoms with E-state index in [0.717, 1.165) is 5.56 Å². The molecule has 8 N–H and O–H groups in total. The average Bonchev–Trinajstić information content (AvgIpc) is 3.41. The maximum Gasteiger partial charge on any atom is 0.326 e. The number of carbonyl (C=O) groups is 4. The van der Waals surface area contributed by atoms with E-state index in [1.54, 1.807) is 12.1 Å². The van der Waals surface area contributed by atoms with Gasteiger partial charge in [-0.1, -0.05) is 42.5 Å². The number of H-pyrrole nitrogens is 1. The minimum atomic E-state index is -1.25. The van der Waals surface area contributed by atoms with Gasteiger partial charge in [0.15, 0.2) is 0 Å². The fourth-order valence-electron chi connectivity index (χ4n) is 3.67. The number of phenols is 1. The summed E-state index contributed by atoms with van der Waals surface area (Å²) in [6.07, 6.45) is 3.14. The highest BCUT2D eigenvalue weighted by molar-refractivity contribution is 5.92. The lowest BCUT2D eigenvalue weighted by molar-refractivity contribution is -0.141. The molecule has 3 amide bonds. The first kappa shape index (κ1) is 27.9. The zero-order valence-corrected chi connectivity index (χ0v) is 20.5. The highest BCUT2D eigenvalue weighted by Crippen LogP contribution is 2.12. The standard InChI is InChI=1S/C26H30N6O6/c27-20(10-16-4-2-1-3-5-16)24(35)32-21(11-17-6-8-19(33)9-7-17)25(36)29-14-23(34)31-22(26(37)38)12-18-13-28-15-30-18/h1-9,13,15,20-22,33H,10-12,14,27H2,(H,28,30)(H,29,36)(H,31,34)(H,32,35)(H,37,38). The SMILES string of the molecule is NC(Cc1ccccc1)C(=O)NC(Cc1ccc(O)cc1)C(=O)NCC(=O)NC(Cc1cnc[nH]1)C(=O)O. The third kappa shape index (κ3) is 8.75. The topological polar surface area (TPSA) is 200 Å². The molecule has 0 aliphatic heterocycles. The molecule has 0 radical (unpaired) electrons. The monoisotopic (exact) mass is 522 g/mol. The first-order chi connectivity index (χ1) is 18.2. The summed E-state index contributed by atoms with van der Waals surface area (Å²) in [7, 11) is 0. The summed E-state index contributed by atoms with van der Waals surface area (Å²) < 4.78 is 0. The van der Waals surface area contributed by atoms with Crippen LogP contribution >= 0.6 is 0 Å². The number of nitrogens with one attached hydrogen (secondary N) is 4. The van der Waals surface area contributed by atoms with Crippen molar-refractivity contribution in [2.24, 2.45) is 5.73 Å². The highest BCUT2D eigenvalue weighted by atomic mass is 16.4. The predicted octanol–water partition coefficient (Wildman–Crippen LogP) is -0.359. The molecule has 12 heteroatoms. The van der Waals surface area contributed by atoms with Crippen LogP contribution in [0.3, 0.4) is 0 Å². The molecule has 2 aromatic carbocycles. The van der Waals surface area contributed by atoms with E-state index in [1.165, 1.54) is 24.7 Å². The number of carboxylic acid groups (broad SMARTS) is 1. The Morgan fingerprint density at radius 2 is 1.55 bits per heavy atom. The van der Waals surface area contributed by atoms with Crippen molar-refractivity contribution in [3.05, 3.63) is 83.9 Å². The second-order valence-corrected chi connectivity index (χ2v) is 8.69. The lowest BCUT2D eigenvalue weighted by Gasteiger charge is -2.21. The number of imidazole rings is 1. The Morgan fingerprint density at radius 3 is 2.18 bits per heavy atom. The van der Waals surface area contributed by atoms with Gasteiger partial charge >= 0.3 is 5.97 Å². The summed E-state index contributed by atoms with van der Waals surface area (Å²) in [5.41, 5.74) is 8.09. The lowest BCUT2D eigenvalue weighted by atomic mass is 10.0. The van der Waals surface area contributed by atoms with Crippen molar-refractivity contribution in [2.45, 2.75) is 37.4 Å². The molecule has 1 aromatic heterocycles. The number of aromatic nitrogens is 2. The second-order valence-electron chi connectivity index (χ2n) is 8.69. The van der Waals surface area contributed by atoms with Crippen molar-refractivity contribution in [3.8, 4) is 5.75 Å². The van der Waals surface area contributed by atoms with Crippen molar-refractivity contribution in [2.75, 3.05) is 6.54 Å². The van der Waals surface area contributed by atoms with Gasteiger partial charge < -0.3 is 36.9 Å². The molecular weight excluding hydrogens is 492 g/mol. The van der Waals surface area contributed by atoms with Gasteiger partial charge in [-0.3, -0.25) is 14.4 Å². The summed E-state index contributed by atoms with van der Waals surface area (Å²) >= 11 is 0. The molecule has 0 saturated heterocycles. The molecule has 12 nitrogen and oxygen atoms in total. The van der Waals surface area contributed by atoms with Gasteiger partial charge in [-0.25, -0.2) is 9.78 Å². The smallest absolute Gasteiger partial charge is 0.326 e. The number of nitrogens with zero attached hydrogens (tertiary/aromatic N) is 1. The third-order valence-corrected chi connectivity index (χ3v) is 5.68. The number of nitrogens with two attached hydrogens (primary N) is 1. The van der Waals surface area contributed by atoms with E-state index < -0.39 is 48.4 Å². The fourth-order valence-corrected chi connectivity index (χ4v) is 3.67. The number of aliphatic carboxylic acids is 1. The van der Waals surface area contributed by atoms with Crippen molar-refractivity contribution < 1.29 is 29.4 Å². The molecule has 3 atom stereocenters. The summed E-state index contributed by atoms with van der Waals surface area (Å²) in [6, 6.07) is 12.0. The minimum Gasteiger partial charge on any atom is -0.508 e. The maximum absolute atomic E-state index is 13.0. The van der Waals surface area contributed by atoms with Gasteiger partial charge in [-0.2, -0.15) is 0 Å². The van der Waals surface area contributed by atoms with E-state index in [1.807, 2.05) is 30.3 Å². The Labute approximate surface area is 218 Å². The van der Waals surface area contributed by atoms with Crippen LogP contribution in [0.15, 0.2) is 67.1 Å². The summed E-state index contributed by atoms with van der Waals surface area (Å²) in [5.74, 6) is -3.13. The van der Waals surface area contributed by atoms with Crippen LogP contribution in [0.4, 0.5) is 0 Å². The molecule has 0 spiro atoms. The number of aromatic amines is 1. The molecule has 0 saturated carbocycles. The Bertz CT molecular complexity index is 1220. The van der Waals surface area contributed by atoms with Crippen molar-refractivity contribution in [3.63, 3.8) is 0 Å². The zero-order valence-electron chi connectivity index (χ0n) is 20.5. The van der Waals surface area contributed by atoms with Crippen molar-refractivity contribution in [1.82, 2.24) is 25.9 Å². The number of hydrogen-bond acceptors (Lipinski definition) is 7. The van der Waals surface area contributed by atoms with E-state index in [4.69, 9.17) is 5.73 Å². The number of benzene rings is 2. The molecule has 3 rings (SSSR count). The van der Waals surface area contributed by atoms with Crippen LogP contribution in [0.5, 0.6) is 5.75 Å². The molecule has 0 aliphatic carbocycles. The van der Waals surface area contributed by atoms with Gasteiger partial charge in [0.2, 0.25) is 17.7 Å². The van der Waals surface area contributed by atoms with Crippen LogP contribution in [0.2, 0.25) is 0 Å². The fraction of sp³-hybridized carbons (Fsp3) is 0.269. The van der Waals surface area contributed by atoms with Gasteiger partial charge in [-0.15, -0.1) is 0 Å². The van der Waals surface area contributed by atoms with E-state index in [-0.39, 0.29) is 25.0 Å². The van der Waals surface area contributed by atoms with Gasteiger partial charge in [0.05, 0.1) is 18.9 Å². The van der Waals surface area contributed by atoms with Gasteiger partial charge in [0.1, 0.15) is 17.8 Å². The number of carboxylic acids is 1. The van der Waals surface area contributed by atoms with E-state index in [9.17, 15) is 29.4 Å². The lowest BCUT2D eigenvalue weighted by Crippen LogP contribution is -2.54. The molecule has 1 heterocycles. The summed E-state index contributed by atoms with van der Waals surface area (Å²) in [4.78, 5) is 56.3. The Hall–Kier alpha value is -4.71. The maximum atomic E-state index is 13.0. The molecule has 3 aromatic rings. The molecule has 0 fully saturated rings. The van der Waals surface area contributed by atoms with E-state index >= 15 is 0 Å². The second kappa shape index (κ2) is 13.6. The molecule has 200 valence electrons. The molecule has 0 aliphatic rings. The number of amides is 3. The highest BCUT2D eigenvalue weighted by Gasteiger charge is 2.26. The van der Waals surface area contributed by atoms with Crippen LogP contribution in [0.25, 0.3) is 0 Å². The summed E-state index contributed by atoms with van der Waals surface area (Å²) in [6.45, 7) is -0.510. The molecular formula is C26H30N6O6. The predicted molar refractivity (Wildman–Crippen MR) is 137 cm³/mol. The van der Waals surface area contributed by atoms with Gasteiger partial charge in [0, 0.05) is 24.7 Å². The number of carbonyl (C=O) groups excluding carboxylic acids is 3. The van der Waals surface area contributed by atoms with Crippen LogP contribution in [-0.4, -0.2) is 68.5 Å². The molecule has 0 bridgehead atoms. The van der Waals surface area contributed by atoms with Gasteiger partial charge in [-0.05, 0) is 29.7 Å². The normalized spacial score (nSPS) is 13.1. The number of rotatable bonds is 13. The molecule has 38 heavy (non-hydrogen) atoms. The largest absolute Gasteiger partial charge is 0.508 e. The Morgan fingerprint density at radius 1 is 0.868 bits per heavy atom. The van der Waals surface area contributed by atoms with Crippen LogP contribution in [0, 0.1) is 0 Å².